The summed E-state index contributed by atoms with van der Waals surface area (Å²) in [4.78, 5) is 4.64. The second-order valence-electron chi connectivity index (χ2n) is 4.99. The van der Waals surface area contributed by atoms with Gasteiger partial charge in [0, 0.05) is 6.04 Å². The fourth-order valence-corrected chi connectivity index (χ4v) is 2.39. The second kappa shape index (κ2) is 3.93. The summed E-state index contributed by atoms with van der Waals surface area (Å²) in [5.41, 5.74) is 3.83. The number of fused-ring (bicyclic) bond motifs is 1. The highest BCUT2D eigenvalue weighted by molar-refractivity contribution is 5.80. The first kappa shape index (κ1) is 11.2. The summed E-state index contributed by atoms with van der Waals surface area (Å²) in [7, 11) is 0. The Kier molecular flexibility index (Phi) is 2.75. The average Bonchev–Trinajstić information content (AvgIpc) is 2.52. The van der Waals surface area contributed by atoms with Crippen LogP contribution < -0.4 is 0 Å². The first-order valence-corrected chi connectivity index (χ1v) is 5.99. The first-order chi connectivity index (χ1) is 7.52. The minimum atomic E-state index is 0.463. The molecule has 0 aliphatic rings. The van der Waals surface area contributed by atoms with Gasteiger partial charge >= 0.3 is 0 Å². The molecular formula is C14H20N2. The van der Waals surface area contributed by atoms with Gasteiger partial charge in [0.1, 0.15) is 5.82 Å². The van der Waals surface area contributed by atoms with Crippen molar-refractivity contribution in [2.75, 3.05) is 0 Å². The molecule has 1 heterocycles. The van der Waals surface area contributed by atoms with Crippen LogP contribution in [-0.4, -0.2) is 9.55 Å². The van der Waals surface area contributed by atoms with Crippen LogP contribution >= 0.6 is 0 Å². The monoisotopic (exact) mass is 216 g/mol. The molecule has 16 heavy (non-hydrogen) atoms. The number of aromatic nitrogens is 2. The van der Waals surface area contributed by atoms with Gasteiger partial charge in [-0.25, -0.2) is 4.98 Å². The molecule has 0 unspecified atom stereocenters. The number of benzene rings is 1. The number of rotatable bonds is 2. The Morgan fingerprint density at radius 3 is 2.38 bits per heavy atom. The molecule has 0 aliphatic heterocycles. The number of hydrogen-bond donors (Lipinski definition) is 0. The summed E-state index contributed by atoms with van der Waals surface area (Å²) in [5, 5.41) is 0. The van der Waals surface area contributed by atoms with E-state index in [1.165, 1.54) is 11.1 Å². The van der Waals surface area contributed by atoms with Gasteiger partial charge in [0.2, 0.25) is 0 Å². The highest BCUT2D eigenvalue weighted by Gasteiger charge is 2.14. The van der Waals surface area contributed by atoms with E-state index in [-0.39, 0.29) is 0 Å². The molecule has 0 saturated carbocycles. The SMILES string of the molecule is Cc1nc2cccc(C(C)C)c2n1C(C)C. The lowest BCUT2D eigenvalue weighted by atomic mass is 10.0. The molecule has 0 atom stereocenters. The zero-order valence-corrected chi connectivity index (χ0v) is 10.8. The lowest BCUT2D eigenvalue weighted by molar-refractivity contribution is 0.597. The van der Waals surface area contributed by atoms with Gasteiger partial charge < -0.3 is 4.57 Å². The maximum Gasteiger partial charge on any atom is 0.106 e. The van der Waals surface area contributed by atoms with Gasteiger partial charge in [-0.1, -0.05) is 26.0 Å². The standard InChI is InChI=1S/C14H20N2/c1-9(2)12-7-6-8-13-14(12)16(10(3)4)11(5)15-13/h6-10H,1-5H3. The molecule has 1 aromatic heterocycles. The van der Waals surface area contributed by atoms with E-state index in [0.29, 0.717) is 12.0 Å². The van der Waals surface area contributed by atoms with E-state index >= 15 is 0 Å². The third-order valence-corrected chi connectivity index (χ3v) is 3.06. The molecule has 2 rings (SSSR count). The molecule has 2 aromatic rings. The van der Waals surface area contributed by atoms with Crippen molar-refractivity contribution in [3.63, 3.8) is 0 Å². The Bertz CT molecular complexity index is 507. The van der Waals surface area contributed by atoms with Crippen molar-refractivity contribution in [2.45, 2.75) is 46.6 Å². The Labute approximate surface area is 97.3 Å². The molecule has 0 aliphatic carbocycles. The van der Waals surface area contributed by atoms with Gasteiger partial charge in [-0.3, -0.25) is 0 Å². The quantitative estimate of drug-likeness (QED) is 0.740. The zero-order chi connectivity index (χ0) is 11.9. The van der Waals surface area contributed by atoms with Crippen LogP contribution in [0.15, 0.2) is 18.2 Å². The molecule has 2 heteroatoms. The fourth-order valence-electron chi connectivity index (χ4n) is 2.39. The van der Waals surface area contributed by atoms with Crippen LogP contribution in [0.2, 0.25) is 0 Å². The molecule has 0 N–H and O–H groups in total. The summed E-state index contributed by atoms with van der Waals surface area (Å²) in [6.07, 6.45) is 0. The molecule has 0 spiro atoms. The van der Waals surface area contributed by atoms with Crippen LogP contribution in [0.4, 0.5) is 0 Å². The predicted molar refractivity (Wildman–Crippen MR) is 68.9 cm³/mol. The number of imidazole rings is 1. The average molecular weight is 216 g/mol. The predicted octanol–water partition coefficient (Wildman–Crippen LogP) is 4.05. The van der Waals surface area contributed by atoms with Crippen molar-refractivity contribution in [3.8, 4) is 0 Å². The van der Waals surface area contributed by atoms with E-state index in [9.17, 15) is 0 Å². The largest absolute Gasteiger partial charge is 0.325 e. The maximum absolute atomic E-state index is 4.64. The lowest BCUT2D eigenvalue weighted by Gasteiger charge is -2.15. The van der Waals surface area contributed by atoms with Gasteiger partial charge in [-0.15, -0.1) is 0 Å². The van der Waals surface area contributed by atoms with E-state index in [0.717, 1.165) is 11.3 Å². The number of para-hydroxylation sites is 1. The molecule has 0 radical (unpaired) electrons. The number of hydrogen-bond acceptors (Lipinski definition) is 1. The van der Waals surface area contributed by atoms with Crippen LogP contribution in [0.25, 0.3) is 11.0 Å². The topological polar surface area (TPSA) is 17.8 Å². The Morgan fingerprint density at radius 1 is 1.12 bits per heavy atom. The van der Waals surface area contributed by atoms with E-state index in [2.05, 4.69) is 62.4 Å². The molecule has 0 saturated heterocycles. The highest BCUT2D eigenvalue weighted by Crippen LogP contribution is 2.28. The Hall–Kier alpha value is -1.31. The molecule has 0 amide bonds. The van der Waals surface area contributed by atoms with Gasteiger partial charge in [0.25, 0.3) is 0 Å². The molecule has 86 valence electrons. The lowest BCUT2D eigenvalue weighted by Crippen LogP contribution is -2.05. The molecule has 0 fully saturated rings. The van der Waals surface area contributed by atoms with E-state index in [1.54, 1.807) is 0 Å². The fraction of sp³-hybridized carbons (Fsp3) is 0.500. The van der Waals surface area contributed by atoms with Crippen LogP contribution in [0.1, 0.15) is 51.0 Å². The third kappa shape index (κ3) is 1.62. The highest BCUT2D eigenvalue weighted by atomic mass is 15.1. The summed E-state index contributed by atoms with van der Waals surface area (Å²) >= 11 is 0. The van der Waals surface area contributed by atoms with Gasteiger partial charge in [-0.2, -0.15) is 0 Å². The number of aryl methyl sites for hydroxylation is 1. The second-order valence-corrected chi connectivity index (χ2v) is 4.99. The van der Waals surface area contributed by atoms with Crippen molar-refractivity contribution in [1.82, 2.24) is 9.55 Å². The minimum Gasteiger partial charge on any atom is -0.325 e. The van der Waals surface area contributed by atoms with Gasteiger partial charge in [-0.05, 0) is 38.3 Å². The summed E-state index contributed by atoms with van der Waals surface area (Å²) < 4.78 is 2.34. The van der Waals surface area contributed by atoms with Gasteiger partial charge in [0.05, 0.1) is 11.0 Å². The van der Waals surface area contributed by atoms with Crippen molar-refractivity contribution in [2.24, 2.45) is 0 Å². The van der Waals surface area contributed by atoms with Crippen LogP contribution in [0.3, 0.4) is 0 Å². The normalized spacial score (nSPS) is 11.9. The van der Waals surface area contributed by atoms with E-state index in [1.807, 2.05) is 0 Å². The van der Waals surface area contributed by atoms with Crippen LogP contribution in [0.5, 0.6) is 0 Å². The molecular weight excluding hydrogens is 196 g/mol. The van der Waals surface area contributed by atoms with Gasteiger partial charge in [0.15, 0.2) is 0 Å². The Balaban J connectivity index is 2.83. The molecule has 2 nitrogen and oxygen atoms in total. The smallest absolute Gasteiger partial charge is 0.106 e. The zero-order valence-electron chi connectivity index (χ0n) is 10.8. The summed E-state index contributed by atoms with van der Waals surface area (Å²) in [6, 6.07) is 6.89. The summed E-state index contributed by atoms with van der Waals surface area (Å²) in [5.74, 6) is 1.65. The van der Waals surface area contributed by atoms with Crippen molar-refractivity contribution in [1.29, 1.82) is 0 Å². The third-order valence-electron chi connectivity index (χ3n) is 3.06. The van der Waals surface area contributed by atoms with E-state index in [4.69, 9.17) is 0 Å². The van der Waals surface area contributed by atoms with Crippen molar-refractivity contribution >= 4 is 11.0 Å². The number of nitrogens with zero attached hydrogens (tertiary/aromatic N) is 2. The van der Waals surface area contributed by atoms with Crippen molar-refractivity contribution in [3.05, 3.63) is 29.6 Å². The maximum atomic E-state index is 4.64. The molecule has 0 bridgehead atoms. The molecule has 1 aromatic carbocycles. The van der Waals surface area contributed by atoms with Crippen molar-refractivity contribution < 1.29 is 0 Å². The van der Waals surface area contributed by atoms with E-state index < -0.39 is 0 Å². The summed E-state index contributed by atoms with van der Waals surface area (Å²) in [6.45, 7) is 11.0. The first-order valence-electron chi connectivity index (χ1n) is 5.99. The minimum absolute atomic E-state index is 0.463. The Morgan fingerprint density at radius 2 is 1.81 bits per heavy atom. The van der Waals surface area contributed by atoms with Crippen LogP contribution in [-0.2, 0) is 0 Å². The van der Waals surface area contributed by atoms with Crippen LogP contribution in [0, 0.1) is 6.92 Å².